The summed E-state index contributed by atoms with van der Waals surface area (Å²) in [5.74, 6) is 0.795. The average Bonchev–Trinajstić information content (AvgIpc) is 2.62. The molecule has 0 unspecified atom stereocenters. The van der Waals surface area contributed by atoms with E-state index in [1.54, 1.807) is 42.7 Å². The van der Waals surface area contributed by atoms with Gasteiger partial charge in [-0.25, -0.2) is 9.97 Å². The molecule has 8 heteroatoms. The summed E-state index contributed by atoms with van der Waals surface area (Å²) in [6.07, 6.45) is 3.30. The van der Waals surface area contributed by atoms with Gasteiger partial charge in [0, 0.05) is 50.0 Å². The zero-order chi connectivity index (χ0) is 19.4. The number of anilines is 4. The lowest BCUT2D eigenvalue weighted by molar-refractivity contribution is 0.102. The molecule has 1 aromatic carbocycles. The minimum atomic E-state index is -0.393. The fourth-order valence-corrected chi connectivity index (χ4v) is 2.95. The minimum Gasteiger partial charge on any atom is -0.378 e. The molecule has 0 atom stereocenters. The number of hydrogen-bond acceptors (Lipinski definition) is 5. The van der Waals surface area contributed by atoms with Gasteiger partial charge in [-0.05, 0) is 24.3 Å². The molecule has 0 saturated heterocycles. The predicted octanol–water partition coefficient (Wildman–Crippen LogP) is 4.85. The number of nitrogens with one attached hydrogen (secondary N) is 2. The van der Waals surface area contributed by atoms with Gasteiger partial charge >= 0.3 is 0 Å². The molecule has 0 radical (unpaired) electrons. The number of carbonyl (C=O) groups is 1. The van der Waals surface area contributed by atoms with Gasteiger partial charge in [0.05, 0.1) is 15.6 Å². The number of amides is 1. The van der Waals surface area contributed by atoms with Gasteiger partial charge in [-0.15, -0.1) is 0 Å². The van der Waals surface area contributed by atoms with E-state index in [1.165, 1.54) is 0 Å². The van der Waals surface area contributed by atoms with Crippen molar-refractivity contribution in [2.75, 3.05) is 29.6 Å². The Morgan fingerprint density at radius 3 is 2.26 bits per heavy atom. The number of hydrogen-bond donors (Lipinski definition) is 2. The standard InChI is InChI=1S/C19H17Cl2N5O/c1-26(2)13-7-9-23-17(11-13)25-16-10-12(6-8-22-16)24-19(27)18-14(20)4-3-5-15(18)21/h3-11H,1-2H3,(H2,22,23,24,25,27). The first-order chi connectivity index (χ1) is 12.9. The number of carbonyl (C=O) groups excluding carboxylic acids is 1. The Bertz CT molecular complexity index is 958. The summed E-state index contributed by atoms with van der Waals surface area (Å²) in [5.41, 5.74) is 1.79. The molecule has 0 bridgehead atoms. The van der Waals surface area contributed by atoms with Crippen LogP contribution in [0.25, 0.3) is 0 Å². The lowest BCUT2D eigenvalue weighted by atomic mass is 10.2. The molecule has 3 aromatic rings. The Morgan fingerprint density at radius 2 is 1.59 bits per heavy atom. The second-order valence-corrected chi connectivity index (χ2v) is 6.71. The summed E-state index contributed by atoms with van der Waals surface area (Å²) in [7, 11) is 3.90. The third kappa shape index (κ3) is 4.67. The van der Waals surface area contributed by atoms with E-state index in [2.05, 4.69) is 20.6 Å². The number of rotatable bonds is 5. The summed E-state index contributed by atoms with van der Waals surface area (Å²) in [6, 6.07) is 12.1. The van der Waals surface area contributed by atoms with E-state index in [9.17, 15) is 4.79 Å². The van der Waals surface area contributed by atoms with Crippen molar-refractivity contribution in [2.24, 2.45) is 0 Å². The second-order valence-electron chi connectivity index (χ2n) is 5.90. The number of aromatic nitrogens is 2. The normalized spacial score (nSPS) is 10.4. The Kier molecular flexibility index (Phi) is 5.78. The molecule has 0 aliphatic heterocycles. The van der Waals surface area contributed by atoms with E-state index in [4.69, 9.17) is 23.2 Å². The first kappa shape index (κ1) is 18.9. The molecule has 2 N–H and O–H groups in total. The lowest BCUT2D eigenvalue weighted by Crippen LogP contribution is -2.13. The predicted molar refractivity (Wildman–Crippen MR) is 110 cm³/mol. The monoisotopic (exact) mass is 401 g/mol. The molecule has 2 heterocycles. The van der Waals surface area contributed by atoms with Gasteiger partial charge in [-0.3, -0.25) is 4.79 Å². The van der Waals surface area contributed by atoms with Crippen molar-refractivity contribution in [3.63, 3.8) is 0 Å². The first-order valence-electron chi connectivity index (χ1n) is 8.06. The molecule has 2 aromatic heterocycles. The number of halogens is 2. The van der Waals surface area contributed by atoms with Crippen molar-refractivity contribution in [3.8, 4) is 0 Å². The van der Waals surface area contributed by atoms with Crippen LogP contribution in [0.5, 0.6) is 0 Å². The molecule has 0 aliphatic carbocycles. The molecule has 27 heavy (non-hydrogen) atoms. The molecule has 0 saturated carbocycles. The topological polar surface area (TPSA) is 70.2 Å². The molecule has 138 valence electrons. The SMILES string of the molecule is CN(C)c1ccnc(Nc2cc(NC(=O)c3c(Cl)cccc3Cl)ccn2)c1. The van der Waals surface area contributed by atoms with Gasteiger partial charge < -0.3 is 15.5 Å². The molecule has 6 nitrogen and oxygen atoms in total. The van der Waals surface area contributed by atoms with Gasteiger partial charge in [0.15, 0.2) is 0 Å². The zero-order valence-electron chi connectivity index (χ0n) is 14.7. The van der Waals surface area contributed by atoms with Crippen LogP contribution in [0.1, 0.15) is 10.4 Å². The summed E-state index contributed by atoms with van der Waals surface area (Å²) < 4.78 is 0. The van der Waals surface area contributed by atoms with Crippen molar-refractivity contribution in [2.45, 2.75) is 0 Å². The number of benzene rings is 1. The summed E-state index contributed by atoms with van der Waals surface area (Å²) in [5, 5.41) is 6.48. The highest BCUT2D eigenvalue weighted by Gasteiger charge is 2.15. The largest absolute Gasteiger partial charge is 0.378 e. The van der Waals surface area contributed by atoms with Gasteiger partial charge in [-0.2, -0.15) is 0 Å². The second kappa shape index (κ2) is 8.24. The van der Waals surface area contributed by atoms with E-state index >= 15 is 0 Å². The maximum Gasteiger partial charge on any atom is 0.258 e. The Morgan fingerprint density at radius 1 is 0.963 bits per heavy atom. The Labute approximate surface area is 167 Å². The van der Waals surface area contributed by atoms with E-state index in [0.29, 0.717) is 17.3 Å². The zero-order valence-corrected chi connectivity index (χ0v) is 16.2. The lowest BCUT2D eigenvalue weighted by Gasteiger charge is -2.14. The smallest absolute Gasteiger partial charge is 0.258 e. The average molecular weight is 402 g/mol. The van der Waals surface area contributed by atoms with Crippen LogP contribution in [0, 0.1) is 0 Å². The molecule has 0 aliphatic rings. The molecule has 0 fully saturated rings. The van der Waals surface area contributed by atoms with Crippen molar-refractivity contribution < 1.29 is 4.79 Å². The van der Waals surface area contributed by atoms with Crippen LogP contribution in [0.15, 0.2) is 54.9 Å². The first-order valence-corrected chi connectivity index (χ1v) is 8.81. The van der Waals surface area contributed by atoms with Crippen molar-refractivity contribution in [1.29, 1.82) is 0 Å². The fraction of sp³-hybridized carbons (Fsp3) is 0.105. The van der Waals surface area contributed by atoms with E-state index in [1.807, 2.05) is 31.1 Å². The highest BCUT2D eigenvalue weighted by Crippen LogP contribution is 2.26. The quantitative estimate of drug-likeness (QED) is 0.639. The molecule has 1 amide bonds. The van der Waals surface area contributed by atoms with Crippen LogP contribution in [-0.4, -0.2) is 30.0 Å². The highest BCUT2D eigenvalue weighted by molar-refractivity contribution is 6.40. The number of pyridine rings is 2. The summed E-state index contributed by atoms with van der Waals surface area (Å²) >= 11 is 12.2. The molecule has 3 rings (SSSR count). The Hall–Kier alpha value is -2.83. The van der Waals surface area contributed by atoms with Crippen LogP contribution in [-0.2, 0) is 0 Å². The molecule has 0 spiro atoms. The highest BCUT2D eigenvalue weighted by atomic mass is 35.5. The van der Waals surface area contributed by atoms with Gasteiger partial charge in [0.1, 0.15) is 11.6 Å². The minimum absolute atomic E-state index is 0.229. The van der Waals surface area contributed by atoms with E-state index in [-0.39, 0.29) is 15.6 Å². The van der Waals surface area contributed by atoms with Gasteiger partial charge in [0.2, 0.25) is 0 Å². The summed E-state index contributed by atoms with van der Waals surface area (Å²) in [4.78, 5) is 23.0. The van der Waals surface area contributed by atoms with E-state index < -0.39 is 5.91 Å². The third-order valence-corrected chi connectivity index (χ3v) is 4.35. The summed E-state index contributed by atoms with van der Waals surface area (Å²) in [6.45, 7) is 0. The van der Waals surface area contributed by atoms with Crippen LogP contribution < -0.4 is 15.5 Å². The van der Waals surface area contributed by atoms with Crippen LogP contribution in [0.2, 0.25) is 10.0 Å². The van der Waals surface area contributed by atoms with Crippen LogP contribution in [0.3, 0.4) is 0 Å². The van der Waals surface area contributed by atoms with Crippen molar-refractivity contribution in [3.05, 3.63) is 70.5 Å². The number of nitrogens with zero attached hydrogens (tertiary/aromatic N) is 3. The maximum absolute atomic E-state index is 12.5. The van der Waals surface area contributed by atoms with Crippen LogP contribution in [0.4, 0.5) is 23.0 Å². The molecular weight excluding hydrogens is 385 g/mol. The Balaban J connectivity index is 1.78. The van der Waals surface area contributed by atoms with Gasteiger partial charge in [0.25, 0.3) is 5.91 Å². The van der Waals surface area contributed by atoms with E-state index in [0.717, 1.165) is 5.69 Å². The van der Waals surface area contributed by atoms with Crippen molar-refractivity contribution >= 4 is 52.1 Å². The van der Waals surface area contributed by atoms with Crippen LogP contribution >= 0.6 is 23.2 Å². The van der Waals surface area contributed by atoms with Crippen molar-refractivity contribution in [1.82, 2.24) is 9.97 Å². The maximum atomic E-state index is 12.5. The third-order valence-electron chi connectivity index (χ3n) is 3.72. The molecular formula is C19H17Cl2N5O. The van der Waals surface area contributed by atoms with Gasteiger partial charge in [-0.1, -0.05) is 29.3 Å². The fourth-order valence-electron chi connectivity index (χ4n) is 2.38.